The van der Waals surface area contributed by atoms with E-state index in [4.69, 9.17) is 18.9 Å². The molecule has 3 aromatic carbocycles. The second-order valence-corrected chi connectivity index (χ2v) is 9.57. The number of hydrogen-bond donors (Lipinski definition) is 1. The molecule has 0 unspecified atom stereocenters. The topological polar surface area (TPSA) is 95.0 Å². The Morgan fingerprint density at radius 3 is 2.43 bits per heavy atom. The van der Waals surface area contributed by atoms with Crippen LogP contribution in [0.5, 0.6) is 23.0 Å². The number of amides is 1. The molecule has 2 heterocycles. The Bertz CT molecular complexity index is 1640. The standard InChI is InChI=1S/C31H30F2N4O5/c1-5-28(38)37-12-10-19(11-13-37)42-27-15-21-23(16-26(27)40-3)34-17-35-31(21)36-24-14-18(6-9-25(24)39-2)20-7-8-22(32)30(41-4)29(20)33/h5-9,14-17,19H,1,10-13H2,2-4H3,(H,34,35,36). The van der Waals surface area contributed by atoms with Crippen molar-refractivity contribution in [2.75, 3.05) is 39.7 Å². The molecule has 42 heavy (non-hydrogen) atoms. The van der Waals surface area contributed by atoms with Gasteiger partial charge in [0.25, 0.3) is 0 Å². The van der Waals surface area contributed by atoms with Gasteiger partial charge in [-0.1, -0.05) is 12.6 Å². The summed E-state index contributed by atoms with van der Waals surface area (Å²) in [5.74, 6) is -0.201. The maximum Gasteiger partial charge on any atom is 0.245 e. The molecule has 1 aromatic heterocycles. The number of aromatic nitrogens is 2. The van der Waals surface area contributed by atoms with Crippen LogP contribution >= 0.6 is 0 Å². The van der Waals surface area contributed by atoms with Gasteiger partial charge in [0.1, 0.15) is 24.0 Å². The molecule has 1 aliphatic heterocycles. The first kappa shape index (κ1) is 28.6. The molecule has 1 aliphatic rings. The summed E-state index contributed by atoms with van der Waals surface area (Å²) in [4.78, 5) is 22.5. The third kappa shape index (κ3) is 5.63. The van der Waals surface area contributed by atoms with Crippen LogP contribution in [0, 0.1) is 11.6 Å². The van der Waals surface area contributed by atoms with E-state index in [-0.39, 0.29) is 17.6 Å². The molecule has 218 valence electrons. The van der Waals surface area contributed by atoms with E-state index in [0.717, 1.165) is 6.07 Å². The van der Waals surface area contributed by atoms with Crippen molar-refractivity contribution in [2.45, 2.75) is 18.9 Å². The summed E-state index contributed by atoms with van der Waals surface area (Å²) in [5.41, 5.74) is 1.73. The monoisotopic (exact) mass is 576 g/mol. The van der Waals surface area contributed by atoms with Crippen LogP contribution in [0.15, 0.2) is 61.4 Å². The molecule has 0 atom stereocenters. The highest BCUT2D eigenvalue weighted by Crippen LogP contribution is 2.39. The van der Waals surface area contributed by atoms with E-state index in [1.54, 1.807) is 42.3 Å². The number of ether oxygens (including phenoxy) is 4. The quantitative estimate of drug-likeness (QED) is 0.246. The van der Waals surface area contributed by atoms with Crippen molar-refractivity contribution in [3.05, 3.63) is 73.1 Å². The molecule has 1 amide bonds. The smallest absolute Gasteiger partial charge is 0.245 e. The summed E-state index contributed by atoms with van der Waals surface area (Å²) in [6, 6.07) is 11.1. The highest BCUT2D eigenvalue weighted by atomic mass is 19.1. The maximum absolute atomic E-state index is 15.1. The lowest BCUT2D eigenvalue weighted by atomic mass is 10.0. The molecule has 11 heteroatoms. The fourth-order valence-corrected chi connectivity index (χ4v) is 4.96. The lowest BCUT2D eigenvalue weighted by Gasteiger charge is -2.31. The van der Waals surface area contributed by atoms with Crippen LogP contribution in [-0.4, -0.2) is 61.3 Å². The molecule has 4 aromatic rings. The maximum atomic E-state index is 15.1. The Balaban J connectivity index is 1.48. The lowest BCUT2D eigenvalue weighted by Crippen LogP contribution is -2.41. The molecule has 0 bridgehead atoms. The summed E-state index contributed by atoms with van der Waals surface area (Å²) in [5, 5.41) is 3.92. The number of benzene rings is 3. The number of anilines is 2. The van der Waals surface area contributed by atoms with Crippen LogP contribution < -0.4 is 24.3 Å². The molecule has 0 saturated carbocycles. The first-order chi connectivity index (χ1) is 20.4. The van der Waals surface area contributed by atoms with E-state index in [1.165, 1.54) is 32.7 Å². The highest BCUT2D eigenvalue weighted by molar-refractivity contribution is 5.94. The third-order valence-corrected chi connectivity index (χ3v) is 7.16. The molecule has 1 fully saturated rings. The zero-order valence-electron chi connectivity index (χ0n) is 23.4. The Morgan fingerprint density at radius 1 is 0.976 bits per heavy atom. The first-order valence-electron chi connectivity index (χ1n) is 13.2. The number of carbonyl (C=O) groups excluding carboxylic acids is 1. The Kier molecular flexibility index (Phi) is 8.37. The van der Waals surface area contributed by atoms with Crippen LogP contribution in [0.1, 0.15) is 12.8 Å². The fraction of sp³-hybridized carbons (Fsp3) is 0.258. The molecule has 0 spiro atoms. The molecule has 1 N–H and O–H groups in total. The number of piperidine rings is 1. The van der Waals surface area contributed by atoms with E-state index < -0.39 is 17.4 Å². The molecule has 1 saturated heterocycles. The van der Waals surface area contributed by atoms with Gasteiger partial charge in [0, 0.05) is 42.9 Å². The van der Waals surface area contributed by atoms with Crippen molar-refractivity contribution < 1.29 is 32.5 Å². The number of halogens is 2. The van der Waals surface area contributed by atoms with E-state index in [9.17, 15) is 9.18 Å². The fourth-order valence-electron chi connectivity index (χ4n) is 4.96. The van der Waals surface area contributed by atoms with Crippen LogP contribution in [0.25, 0.3) is 22.0 Å². The lowest BCUT2D eigenvalue weighted by molar-refractivity contribution is -0.127. The Morgan fingerprint density at radius 2 is 1.74 bits per heavy atom. The van der Waals surface area contributed by atoms with Crippen molar-refractivity contribution in [1.29, 1.82) is 0 Å². The SMILES string of the molecule is C=CC(=O)N1CCC(Oc2cc3c(Nc4cc(-c5ccc(F)c(OC)c5F)ccc4OC)ncnc3cc2OC)CC1. The van der Waals surface area contributed by atoms with Gasteiger partial charge in [-0.05, 0) is 42.0 Å². The van der Waals surface area contributed by atoms with Crippen molar-refractivity contribution in [3.8, 4) is 34.1 Å². The zero-order valence-corrected chi connectivity index (χ0v) is 23.4. The predicted molar refractivity (Wildman–Crippen MR) is 155 cm³/mol. The third-order valence-electron chi connectivity index (χ3n) is 7.16. The van der Waals surface area contributed by atoms with Gasteiger partial charge in [-0.25, -0.2) is 18.7 Å². The van der Waals surface area contributed by atoms with Crippen molar-refractivity contribution in [1.82, 2.24) is 14.9 Å². The number of rotatable bonds is 9. The van der Waals surface area contributed by atoms with Gasteiger partial charge in [0.15, 0.2) is 28.9 Å². The largest absolute Gasteiger partial charge is 0.495 e. The Labute approximate surface area is 241 Å². The van der Waals surface area contributed by atoms with E-state index in [1.807, 2.05) is 0 Å². The highest BCUT2D eigenvalue weighted by Gasteiger charge is 2.24. The number of fused-ring (bicyclic) bond motifs is 1. The number of nitrogens with zero attached hydrogens (tertiary/aromatic N) is 3. The van der Waals surface area contributed by atoms with Crippen LogP contribution in [-0.2, 0) is 4.79 Å². The molecular formula is C31H30F2N4O5. The van der Waals surface area contributed by atoms with Crippen molar-refractivity contribution in [3.63, 3.8) is 0 Å². The zero-order chi connectivity index (χ0) is 29.8. The minimum atomic E-state index is -0.810. The van der Waals surface area contributed by atoms with Gasteiger partial charge < -0.3 is 29.2 Å². The van der Waals surface area contributed by atoms with Crippen LogP contribution in [0.4, 0.5) is 20.3 Å². The number of hydrogen-bond acceptors (Lipinski definition) is 8. The molecule has 9 nitrogen and oxygen atoms in total. The molecule has 0 aliphatic carbocycles. The average molecular weight is 577 g/mol. The predicted octanol–water partition coefficient (Wildman–Crippen LogP) is 5.90. The molecule has 0 radical (unpaired) electrons. The van der Waals surface area contributed by atoms with Crippen LogP contribution in [0.2, 0.25) is 0 Å². The van der Waals surface area contributed by atoms with E-state index in [0.29, 0.717) is 71.2 Å². The van der Waals surface area contributed by atoms with Gasteiger partial charge in [-0.3, -0.25) is 4.79 Å². The number of likely N-dealkylation sites (tertiary alicyclic amines) is 1. The minimum Gasteiger partial charge on any atom is -0.495 e. The summed E-state index contributed by atoms with van der Waals surface area (Å²) in [6.07, 6.45) is 3.93. The van der Waals surface area contributed by atoms with E-state index in [2.05, 4.69) is 21.9 Å². The molecule has 5 rings (SSSR count). The average Bonchev–Trinajstić information content (AvgIpc) is 3.01. The van der Waals surface area contributed by atoms with Crippen LogP contribution in [0.3, 0.4) is 0 Å². The summed E-state index contributed by atoms with van der Waals surface area (Å²) >= 11 is 0. The van der Waals surface area contributed by atoms with Gasteiger partial charge in [0.05, 0.1) is 32.5 Å². The van der Waals surface area contributed by atoms with Gasteiger partial charge in [-0.2, -0.15) is 0 Å². The number of methoxy groups -OCH3 is 3. The summed E-state index contributed by atoms with van der Waals surface area (Å²) < 4.78 is 51.5. The van der Waals surface area contributed by atoms with Crippen molar-refractivity contribution >= 4 is 28.3 Å². The molecular weight excluding hydrogens is 546 g/mol. The Hall–Kier alpha value is -4.93. The van der Waals surface area contributed by atoms with E-state index >= 15 is 4.39 Å². The number of carbonyl (C=O) groups is 1. The summed E-state index contributed by atoms with van der Waals surface area (Å²) in [7, 11) is 4.29. The second kappa shape index (κ2) is 12.3. The summed E-state index contributed by atoms with van der Waals surface area (Å²) in [6.45, 7) is 4.69. The second-order valence-electron chi connectivity index (χ2n) is 9.57. The van der Waals surface area contributed by atoms with Gasteiger partial charge in [0.2, 0.25) is 5.91 Å². The van der Waals surface area contributed by atoms with Crippen molar-refractivity contribution in [2.24, 2.45) is 0 Å². The van der Waals surface area contributed by atoms with Gasteiger partial charge in [-0.15, -0.1) is 0 Å². The van der Waals surface area contributed by atoms with Gasteiger partial charge >= 0.3 is 0 Å². The minimum absolute atomic E-state index is 0.0922. The number of nitrogens with one attached hydrogen (secondary N) is 1. The first-order valence-corrected chi connectivity index (χ1v) is 13.2. The normalized spacial score (nSPS) is 13.5.